The van der Waals surface area contributed by atoms with E-state index >= 15 is 0 Å². The van der Waals surface area contributed by atoms with Crippen LogP contribution in [0.2, 0.25) is 0 Å². The molecular formula is C7H12O3. The van der Waals surface area contributed by atoms with Crippen LogP contribution in [0.1, 0.15) is 6.92 Å². The minimum Gasteiger partial charge on any atom is -0.493 e. The van der Waals surface area contributed by atoms with Crippen molar-refractivity contribution in [1.82, 2.24) is 0 Å². The largest absolute Gasteiger partial charge is 0.493 e. The van der Waals surface area contributed by atoms with Gasteiger partial charge in [-0.1, -0.05) is 0 Å². The lowest BCUT2D eigenvalue weighted by atomic mass is 10.6. The van der Waals surface area contributed by atoms with E-state index < -0.39 is 0 Å². The van der Waals surface area contributed by atoms with Crippen molar-refractivity contribution < 1.29 is 14.2 Å². The minimum absolute atomic E-state index is 0.319. The van der Waals surface area contributed by atoms with Crippen LogP contribution in [0, 0.1) is 0 Å². The molecule has 0 aliphatic rings. The van der Waals surface area contributed by atoms with Crippen molar-refractivity contribution in [2.24, 2.45) is 0 Å². The monoisotopic (exact) mass is 144 g/mol. The van der Waals surface area contributed by atoms with Crippen LogP contribution in [0.15, 0.2) is 17.4 Å². The summed E-state index contributed by atoms with van der Waals surface area (Å²) in [6.45, 7) is 1.76. The molecule has 0 radical (unpaired) electrons. The first kappa shape index (κ1) is 8.92. The van der Waals surface area contributed by atoms with Crippen LogP contribution in [-0.4, -0.2) is 21.3 Å². The Morgan fingerprint density at radius 3 is 1.80 bits per heavy atom. The summed E-state index contributed by atoms with van der Waals surface area (Å²) >= 11 is 0. The smallest absolute Gasteiger partial charge is 0.330 e. The van der Waals surface area contributed by atoms with Gasteiger partial charge >= 0.3 is 5.95 Å². The van der Waals surface area contributed by atoms with Crippen molar-refractivity contribution in [1.29, 1.82) is 0 Å². The zero-order valence-electron chi connectivity index (χ0n) is 6.72. The molecule has 10 heavy (non-hydrogen) atoms. The van der Waals surface area contributed by atoms with E-state index in [1.165, 1.54) is 14.2 Å². The van der Waals surface area contributed by atoms with E-state index in [2.05, 4.69) is 5.73 Å². The van der Waals surface area contributed by atoms with Gasteiger partial charge in [-0.2, -0.15) is 0 Å². The van der Waals surface area contributed by atoms with Crippen LogP contribution in [0.3, 0.4) is 0 Å². The molecule has 0 bridgehead atoms. The van der Waals surface area contributed by atoms with Gasteiger partial charge in [-0.15, -0.1) is 0 Å². The second-order valence-electron chi connectivity index (χ2n) is 1.58. The Kier molecular flexibility index (Phi) is 4.25. The Morgan fingerprint density at radius 2 is 1.50 bits per heavy atom. The number of ether oxygens (including phenoxy) is 3. The molecule has 0 aromatic carbocycles. The SMILES string of the molecule is COC(C)=C=C(OC)OC. The molecular weight excluding hydrogens is 132 g/mol. The molecule has 0 fully saturated rings. The number of hydrogen-bond acceptors (Lipinski definition) is 3. The molecule has 3 heteroatoms. The Labute approximate surface area is 60.9 Å². The van der Waals surface area contributed by atoms with Gasteiger partial charge in [0.05, 0.1) is 21.3 Å². The zero-order valence-corrected chi connectivity index (χ0v) is 6.72. The number of rotatable bonds is 3. The number of hydrogen-bond donors (Lipinski definition) is 0. The van der Waals surface area contributed by atoms with E-state index in [0.29, 0.717) is 11.7 Å². The average Bonchev–Trinajstić information content (AvgIpc) is 1.99. The van der Waals surface area contributed by atoms with E-state index in [1.54, 1.807) is 14.0 Å². The lowest BCUT2D eigenvalue weighted by Gasteiger charge is -1.99. The fourth-order valence-electron chi connectivity index (χ4n) is 0.380. The van der Waals surface area contributed by atoms with Gasteiger partial charge in [-0.3, -0.25) is 0 Å². The zero-order chi connectivity index (χ0) is 7.98. The second kappa shape index (κ2) is 4.77. The Morgan fingerprint density at radius 1 is 1.00 bits per heavy atom. The van der Waals surface area contributed by atoms with Crippen LogP contribution in [-0.2, 0) is 14.2 Å². The maximum Gasteiger partial charge on any atom is 0.330 e. The molecule has 0 rings (SSSR count). The Balaban J connectivity index is 4.33. The maximum absolute atomic E-state index is 4.81. The second-order valence-corrected chi connectivity index (χ2v) is 1.58. The summed E-state index contributed by atoms with van der Waals surface area (Å²) in [5.41, 5.74) is 2.73. The Hall–Kier alpha value is -1.08. The van der Waals surface area contributed by atoms with Crippen LogP contribution >= 0.6 is 0 Å². The fraction of sp³-hybridized carbons (Fsp3) is 0.571. The van der Waals surface area contributed by atoms with Gasteiger partial charge in [-0.25, -0.2) is 0 Å². The third-order valence-corrected chi connectivity index (χ3v) is 0.955. The minimum atomic E-state index is 0.319. The molecule has 0 amide bonds. The molecule has 0 heterocycles. The molecule has 0 aliphatic carbocycles. The molecule has 0 spiro atoms. The van der Waals surface area contributed by atoms with Crippen molar-refractivity contribution in [3.05, 3.63) is 17.4 Å². The number of methoxy groups -OCH3 is 3. The fourth-order valence-corrected chi connectivity index (χ4v) is 0.380. The highest BCUT2D eigenvalue weighted by molar-refractivity contribution is 4.90. The van der Waals surface area contributed by atoms with Crippen molar-refractivity contribution in [2.45, 2.75) is 6.92 Å². The summed E-state index contributed by atoms with van der Waals surface area (Å²) in [7, 11) is 4.58. The van der Waals surface area contributed by atoms with Crippen molar-refractivity contribution in [3.63, 3.8) is 0 Å². The topological polar surface area (TPSA) is 27.7 Å². The van der Waals surface area contributed by atoms with Crippen LogP contribution in [0.5, 0.6) is 0 Å². The van der Waals surface area contributed by atoms with Gasteiger partial charge in [0.25, 0.3) is 0 Å². The lowest BCUT2D eigenvalue weighted by Crippen LogP contribution is -1.87. The number of allylic oxidation sites excluding steroid dienone is 1. The van der Waals surface area contributed by atoms with Gasteiger partial charge in [0.2, 0.25) is 0 Å². The lowest BCUT2D eigenvalue weighted by molar-refractivity contribution is 0.0952. The van der Waals surface area contributed by atoms with Crippen LogP contribution in [0.4, 0.5) is 0 Å². The van der Waals surface area contributed by atoms with E-state index in [0.717, 1.165) is 0 Å². The molecule has 0 aromatic rings. The van der Waals surface area contributed by atoms with Crippen LogP contribution < -0.4 is 0 Å². The van der Waals surface area contributed by atoms with Crippen molar-refractivity contribution in [2.75, 3.05) is 21.3 Å². The highest BCUT2D eigenvalue weighted by atomic mass is 16.7. The van der Waals surface area contributed by atoms with Crippen molar-refractivity contribution in [3.8, 4) is 0 Å². The standard InChI is InChI=1S/C7H12O3/c1-6(8-2)5-7(9-3)10-4/h1-4H3. The third kappa shape index (κ3) is 3.05. The van der Waals surface area contributed by atoms with E-state index in [1.807, 2.05) is 0 Å². The summed E-state index contributed by atoms with van der Waals surface area (Å²) in [6.07, 6.45) is 0. The quantitative estimate of drug-likeness (QED) is 0.441. The van der Waals surface area contributed by atoms with Gasteiger partial charge in [0.15, 0.2) is 0 Å². The summed E-state index contributed by atoms with van der Waals surface area (Å²) in [5.74, 6) is 0.943. The Bertz CT molecular complexity index is 148. The van der Waals surface area contributed by atoms with Gasteiger partial charge in [0, 0.05) is 12.7 Å². The summed E-state index contributed by atoms with van der Waals surface area (Å²) in [6, 6.07) is 0. The first-order chi connectivity index (χ1) is 4.74. The van der Waals surface area contributed by atoms with Gasteiger partial charge in [0.1, 0.15) is 5.76 Å². The maximum atomic E-state index is 4.81. The van der Waals surface area contributed by atoms with E-state index in [-0.39, 0.29) is 0 Å². The molecule has 0 saturated carbocycles. The van der Waals surface area contributed by atoms with E-state index in [4.69, 9.17) is 14.2 Å². The normalized spacial score (nSPS) is 7.60. The first-order valence-electron chi connectivity index (χ1n) is 2.84. The summed E-state index contributed by atoms with van der Waals surface area (Å²) < 4.78 is 14.3. The van der Waals surface area contributed by atoms with Crippen molar-refractivity contribution >= 4 is 0 Å². The molecule has 0 unspecified atom stereocenters. The summed E-state index contributed by atoms with van der Waals surface area (Å²) in [4.78, 5) is 0. The molecule has 0 atom stereocenters. The highest BCUT2D eigenvalue weighted by Crippen LogP contribution is 1.96. The molecule has 0 saturated heterocycles. The van der Waals surface area contributed by atoms with Gasteiger partial charge < -0.3 is 14.2 Å². The highest BCUT2D eigenvalue weighted by Gasteiger charge is 1.89. The van der Waals surface area contributed by atoms with Gasteiger partial charge in [-0.05, 0) is 0 Å². The predicted molar refractivity (Wildman–Crippen MR) is 37.2 cm³/mol. The van der Waals surface area contributed by atoms with Crippen LogP contribution in [0.25, 0.3) is 0 Å². The van der Waals surface area contributed by atoms with E-state index in [9.17, 15) is 0 Å². The first-order valence-corrected chi connectivity index (χ1v) is 2.84. The molecule has 58 valence electrons. The molecule has 0 aliphatic heterocycles. The average molecular weight is 144 g/mol. The molecule has 0 N–H and O–H groups in total. The predicted octanol–water partition coefficient (Wildman–Crippen LogP) is 1.27. The summed E-state index contributed by atoms with van der Waals surface area (Å²) in [5, 5.41) is 0. The third-order valence-electron chi connectivity index (χ3n) is 0.955. The molecule has 3 nitrogen and oxygen atoms in total. The molecule has 0 aromatic heterocycles.